The van der Waals surface area contributed by atoms with Gasteiger partial charge < -0.3 is 10.5 Å². The Morgan fingerprint density at radius 3 is 2.41 bits per heavy atom. The molecule has 1 aliphatic carbocycles. The first-order chi connectivity index (χ1) is 8.28. The number of hydrogen-bond acceptors (Lipinski definition) is 3. The van der Waals surface area contributed by atoms with E-state index in [0.717, 1.165) is 31.2 Å². The van der Waals surface area contributed by atoms with E-state index in [0.29, 0.717) is 24.3 Å². The lowest BCUT2D eigenvalue weighted by Crippen LogP contribution is -2.30. The number of hydrogen-bond donors (Lipinski definition) is 1. The summed E-state index contributed by atoms with van der Waals surface area (Å²) in [6.07, 6.45) is 4.62. The van der Waals surface area contributed by atoms with Crippen LogP contribution in [0, 0.1) is 11.3 Å². The van der Waals surface area contributed by atoms with Crippen molar-refractivity contribution in [1.82, 2.24) is 0 Å². The van der Waals surface area contributed by atoms with Gasteiger partial charge in [-0.2, -0.15) is 5.26 Å². The largest absolute Gasteiger partial charge is 0.374 e. The molecule has 0 aliphatic heterocycles. The fraction of sp³-hybridized carbons (Fsp3) is 0.500. The fourth-order valence-electron chi connectivity index (χ4n) is 2.14. The summed E-state index contributed by atoms with van der Waals surface area (Å²) in [5.41, 5.74) is 7.67. The molecule has 0 bridgehead atoms. The van der Waals surface area contributed by atoms with Crippen molar-refractivity contribution in [2.24, 2.45) is 5.73 Å². The molecule has 2 rings (SSSR count). The van der Waals surface area contributed by atoms with Crippen molar-refractivity contribution in [3.8, 4) is 6.07 Å². The second-order valence-electron chi connectivity index (χ2n) is 4.66. The van der Waals surface area contributed by atoms with Gasteiger partial charge >= 0.3 is 0 Å². The van der Waals surface area contributed by atoms with Crippen LogP contribution in [0.3, 0.4) is 0 Å². The number of nitrogens with two attached hydrogens (primary N) is 1. The summed E-state index contributed by atoms with van der Waals surface area (Å²) in [5, 5.41) is 8.69. The minimum Gasteiger partial charge on any atom is -0.374 e. The summed E-state index contributed by atoms with van der Waals surface area (Å²) < 4.78 is 5.85. The van der Waals surface area contributed by atoms with Crippen LogP contribution >= 0.6 is 0 Å². The van der Waals surface area contributed by atoms with Crippen LogP contribution in [0.25, 0.3) is 0 Å². The van der Waals surface area contributed by atoms with Gasteiger partial charge in [-0.1, -0.05) is 12.1 Å². The van der Waals surface area contributed by atoms with E-state index in [9.17, 15) is 0 Å². The SMILES string of the molecule is N#Cc1ccc(COC2CCC(N)CC2)cc1. The predicted octanol–water partition coefficient (Wildman–Crippen LogP) is 2.34. The zero-order valence-electron chi connectivity index (χ0n) is 9.93. The number of nitriles is 1. The molecule has 0 aromatic heterocycles. The van der Waals surface area contributed by atoms with E-state index in [1.165, 1.54) is 0 Å². The van der Waals surface area contributed by atoms with Gasteiger partial charge in [0, 0.05) is 6.04 Å². The highest BCUT2D eigenvalue weighted by molar-refractivity contribution is 5.31. The molecule has 0 spiro atoms. The van der Waals surface area contributed by atoms with Gasteiger partial charge in [-0.15, -0.1) is 0 Å². The van der Waals surface area contributed by atoms with Crippen molar-refractivity contribution in [2.45, 2.75) is 44.4 Å². The van der Waals surface area contributed by atoms with Crippen LogP contribution in [0.2, 0.25) is 0 Å². The lowest BCUT2D eigenvalue weighted by Gasteiger charge is -2.26. The molecule has 0 atom stereocenters. The maximum Gasteiger partial charge on any atom is 0.0991 e. The molecule has 0 saturated heterocycles. The van der Waals surface area contributed by atoms with E-state index in [1.54, 1.807) is 0 Å². The van der Waals surface area contributed by atoms with E-state index >= 15 is 0 Å². The minimum atomic E-state index is 0.352. The van der Waals surface area contributed by atoms with Crippen molar-refractivity contribution in [3.63, 3.8) is 0 Å². The van der Waals surface area contributed by atoms with Crippen molar-refractivity contribution in [1.29, 1.82) is 5.26 Å². The average Bonchev–Trinajstić information content (AvgIpc) is 2.39. The second-order valence-corrected chi connectivity index (χ2v) is 4.66. The maximum absolute atomic E-state index is 8.69. The molecule has 1 fully saturated rings. The highest BCUT2D eigenvalue weighted by Gasteiger charge is 2.18. The summed E-state index contributed by atoms with van der Waals surface area (Å²) >= 11 is 0. The molecule has 1 saturated carbocycles. The lowest BCUT2D eigenvalue weighted by molar-refractivity contribution is 0.0138. The Balaban J connectivity index is 1.79. The molecule has 17 heavy (non-hydrogen) atoms. The zero-order chi connectivity index (χ0) is 12.1. The Labute approximate surface area is 102 Å². The van der Waals surface area contributed by atoms with Gasteiger partial charge in [0.25, 0.3) is 0 Å². The molecule has 1 aromatic carbocycles. The average molecular weight is 230 g/mol. The first kappa shape index (κ1) is 12.1. The van der Waals surface area contributed by atoms with Crippen LogP contribution in [0.15, 0.2) is 24.3 Å². The van der Waals surface area contributed by atoms with Gasteiger partial charge in [-0.3, -0.25) is 0 Å². The van der Waals surface area contributed by atoms with Crippen LogP contribution in [0.1, 0.15) is 36.8 Å². The second kappa shape index (κ2) is 5.81. The number of nitrogens with zero attached hydrogens (tertiary/aromatic N) is 1. The van der Waals surface area contributed by atoms with Crippen molar-refractivity contribution < 1.29 is 4.74 Å². The highest BCUT2D eigenvalue weighted by Crippen LogP contribution is 2.21. The topological polar surface area (TPSA) is 59.0 Å². The van der Waals surface area contributed by atoms with Crippen LogP contribution in [-0.2, 0) is 11.3 Å². The van der Waals surface area contributed by atoms with Crippen LogP contribution in [0.4, 0.5) is 0 Å². The van der Waals surface area contributed by atoms with Gasteiger partial charge in [0.15, 0.2) is 0 Å². The Hall–Kier alpha value is -1.37. The van der Waals surface area contributed by atoms with Crippen molar-refractivity contribution in [3.05, 3.63) is 35.4 Å². The monoisotopic (exact) mass is 230 g/mol. The molecule has 1 aromatic rings. The quantitative estimate of drug-likeness (QED) is 0.867. The zero-order valence-corrected chi connectivity index (χ0v) is 9.93. The highest BCUT2D eigenvalue weighted by atomic mass is 16.5. The molecule has 1 aliphatic rings. The summed E-state index contributed by atoms with van der Waals surface area (Å²) in [7, 11) is 0. The smallest absolute Gasteiger partial charge is 0.0991 e. The molecular weight excluding hydrogens is 212 g/mol. The van der Waals surface area contributed by atoms with E-state index in [-0.39, 0.29) is 0 Å². The summed E-state index contributed by atoms with van der Waals surface area (Å²) in [4.78, 5) is 0. The molecule has 3 heteroatoms. The van der Waals surface area contributed by atoms with E-state index < -0.39 is 0 Å². The molecule has 2 N–H and O–H groups in total. The molecule has 90 valence electrons. The number of ether oxygens (including phenoxy) is 1. The van der Waals surface area contributed by atoms with Crippen LogP contribution < -0.4 is 5.73 Å². The van der Waals surface area contributed by atoms with Gasteiger partial charge in [0.05, 0.1) is 24.3 Å². The fourth-order valence-corrected chi connectivity index (χ4v) is 2.14. The van der Waals surface area contributed by atoms with Gasteiger partial charge in [0.1, 0.15) is 0 Å². The first-order valence-corrected chi connectivity index (χ1v) is 6.14. The Bertz CT molecular complexity index is 386. The molecule has 0 amide bonds. The van der Waals surface area contributed by atoms with E-state index in [1.807, 2.05) is 24.3 Å². The molecule has 0 heterocycles. The van der Waals surface area contributed by atoms with E-state index in [2.05, 4.69) is 6.07 Å². The Morgan fingerprint density at radius 1 is 1.18 bits per heavy atom. The third-order valence-corrected chi connectivity index (χ3v) is 3.29. The standard InChI is InChI=1S/C14H18N2O/c15-9-11-1-3-12(4-2-11)10-17-14-7-5-13(16)6-8-14/h1-4,13-14H,5-8,10,16H2. The van der Waals surface area contributed by atoms with Gasteiger partial charge in [-0.05, 0) is 43.4 Å². The van der Waals surface area contributed by atoms with Crippen molar-refractivity contribution >= 4 is 0 Å². The van der Waals surface area contributed by atoms with Crippen molar-refractivity contribution in [2.75, 3.05) is 0 Å². The maximum atomic E-state index is 8.69. The Kier molecular flexibility index (Phi) is 4.13. The normalized spacial score (nSPS) is 24.2. The molecule has 0 radical (unpaired) electrons. The summed E-state index contributed by atoms with van der Waals surface area (Å²) in [6, 6.07) is 10.0. The molecule has 3 nitrogen and oxygen atoms in total. The van der Waals surface area contributed by atoms with Gasteiger partial charge in [0.2, 0.25) is 0 Å². The third kappa shape index (κ3) is 3.55. The third-order valence-electron chi connectivity index (χ3n) is 3.29. The Morgan fingerprint density at radius 2 is 1.82 bits per heavy atom. The number of rotatable bonds is 3. The predicted molar refractivity (Wildman–Crippen MR) is 66.2 cm³/mol. The van der Waals surface area contributed by atoms with Crippen LogP contribution in [0.5, 0.6) is 0 Å². The minimum absolute atomic E-state index is 0.352. The van der Waals surface area contributed by atoms with Crippen LogP contribution in [-0.4, -0.2) is 12.1 Å². The first-order valence-electron chi connectivity index (χ1n) is 6.14. The summed E-state index contributed by atoms with van der Waals surface area (Å²) in [5.74, 6) is 0. The molecule has 0 unspecified atom stereocenters. The summed E-state index contributed by atoms with van der Waals surface area (Å²) in [6.45, 7) is 0.631. The number of benzene rings is 1. The van der Waals surface area contributed by atoms with E-state index in [4.69, 9.17) is 15.7 Å². The molecular formula is C14H18N2O. The van der Waals surface area contributed by atoms with Gasteiger partial charge in [-0.25, -0.2) is 0 Å². The lowest BCUT2D eigenvalue weighted by atomic mass is 9.94.